The highest BCUT2D eigenvalue weighted by molar-refractivity contribution is 6.99. The first-order chi connectivity index (χ1) is 22.5. The van der Waals surface area contributed by atoms with E-state index in [4.69, 9.17) is 9.41 Å². The maximum Gasteiger partial charge on any atom is 0.433 e. The summed E-state index contributed by atoms with van der Waals surface area (Å²) in [6.07, 6.45) is -2.45. The molecule has 1 aliphatic heterocycles. The minimum Gasteiger partial charge on any atom is -0.395 e. The van der Waals surface area contributed by atoms with Gasteiger partial charge in [0.15, 0.2) is 0 Å². The number of aryl methyl sites for hydroxylation is 2. The van der Waals surface area contributed by atoms with Gasteiger partial charge >= 0.3 is 6.18 Å². The van der Waals surface area contributed by atoms with E-state index in [1.54, 1.807) is 0 Å². The highest BCUT2D eigenvalue weighted by Crippen LogP contribution is 2.40. The van der Waals surface area contributed by atoms with Gasteiger partial charge in [-0.05, 0) is 63.9 Å². The Morgan fingerprint density at radius 1 is 0.938 bits per heavy atom. The third-order valence-corrected chi connectivity index (χ3v) is 13.9. The second-order valence-corrected chi connectivity index (χ2v) is 19.0. The molecule has 0 saturated heterocycles. The average Bonchev–Trinajstić information content (AvgIpc) is 3.02. The Bertz CT molecular complexity index is 1680. The maximum absolute atomic E-state index is 14.4. The summed E-state index contributed by atoms with van der Waals surface area (Å²) in [4.78, 5) is 25.1. The molecular formula is C38H45F3N4O2Si. The van der Waals surface area contributed by atoms with Gasteiger partial charge in [0.2, 0.25) is 0 Å². The number of pyridine rings is 2. The number of aromatic nitrogens is 2. The number of fused-ring (bicyclic) bond motifs is 1. The van der Waals surface area contributed by atoms with Crippen LogP contribution in [0.2, 0.25) is 5.04 Å². The molecule has 0 unspecified atom stereocenters. The molecule has 0 spiro atoms. The van der Waals surface area contributed by atoms with E-state index in [9.17, 15) is 18.0 Å². The molecule has 1 atom stereocenters. The van der Waals surface area contributed by atoms with Crippen molar-refractivity contribution < 1.29 is 22.4 Å². The van der Waals surface area contributed by atoms with Crippen LogP contribution < -0.4 is 20.6 Å². The van der Waals surface area contributed by atoms with Gasteiger partial charge in [0, 0.05) is 19.3 Å². The molecule has 5 rings (SSSR count). The van der Waals surface area contributed by atoms with Crippen LogP contribution in [-0.4, -0.2) is 36.8 Å². The van der Waals surface area contributed by atoms with E-state index in [1.165, 1.54) is 12.3 Å². The molecule has 6 nitrogen and oxygen atoms in total. The SMILES string of the molecule is Cc1cc2c(nc1NC(=O)[C@H](O[Si](c1ccccc1)(c1ccccc1)C(C)(C)C)C(C)(C)C)CCCN2Cc1ccc(C(F)(F)F)nc1. The van der Waals surface area contributed by atoms with E-state index < -0.39 is 31.7 Å². The predicted molar refractivity (Wildman–Crippen MR) is 188 cm³/mol. The van der Waals surface area contributed by atoms with Gasteiger partial charge in [0.1, 0.15) is 17.6 Å². The molecule has 1 aliphatic rings. The van der Waals surface area contributed by atoms with Crippen molar-refractivity contribution in [3.05, 3.63) is 108 Å². The summed E-state index contributed by atoms with van der Waals surface area (Å²) >= 11 is 0. The largest absolute Gasteiger partial charge is 0.433 e. The van der Waals surface area contributed by atoms with E-state index >= 15 is 0 Å². The second kappa shape index (κ2) is 13.5. The summed E-state index contributed by atoms with van der Waals surface area (Å²) in [5.41, 5.74) is 1.76. The van der Waals surface area contributed by atoms with Crippen molar-refractivity contribution in [1.29, 1.82) is 0 Å². The molecule has 2 aromatic carbocycles. The lowest BCUT2D eigenvalue weighted by molar-refractivity contribution is -0.141. The zero-order chi connectivity index (χ0) is 34.9. The lowest BCUT2D eigenvalue weighted by Gasteiger charge is -2.47. The Labute approximate surface area is 282 Å². The Morgan fingerprint density at radius 3 is 2.04 bits per heavy atom. The molecule has 4 aromatic rings. The van der Waals surface area contributed by atoms with Gasteiger partial charge < -0.3 is 14.6 Å². The quantitative estimate of drug-likeness (QED) is 0.194. The predicted octanol–water partition coefficient (Wildman–Crippen LogP) is 7.69. The molecule has 0 aliphatic carbocycles. The van der Waals surface area contributed by atoms with Crippen molar-refractivity contribution >= 4 is 36.1 Å². The summed E-state index contributed by atoms with van der Waals surface area (Å²) in [5.74, 6) is 0.228. The molecule has 3 heterocycles. The number of rotatable bonds is 8. The van der Waals surface area contributed by atoms with Crippen LogP contribution in [0.1, 0.15) is 70.5 Å². The minimum absolute atomic E-state index is 0.255. The van der Waals surface area contributed by atoms with E-state index in [0.29, 0.717) is 17.9 Å². The summed E-state index contributed by atoms with van der Waals surface area (Å²) in [6, 6.07) is 25.0. The molecule has 1 N–H and O–H groups in total. The van der Waals surface area contributed by atoms with Gasteiger partial charge in [-0.15, -0.1) is 0 Å². The second-order valence-electron chi connectivity index (χ2n) is 14.7. The smallest absolute Gasteiger partial charge is 0.395 e. The van der Waals surface area contributed by atoms with Crippen LogP contribution >= 0.6 is 0 Å². The molecule has 10 heteroatoms. The number of carbonyl (C=O) groups is 1. The first-order valence-corrected chi connectivity index (χ1v) is 18.3. The van der Waals surface area contributed by atoms with Crippen molar-refractivity contribution in [3.8, 4) is 0 Å². The van der Waals surface area contributed by atoms with Crippen LogP contribution in [-0.2, 0) is 28.4 Å². The van der Waals surface area contributed by atoms with Gasteiger partial charge in [-0.3, -0.25) is 9.78 Å². The van der Waals surface area contributed by atoms with Crippen molar-refractivity contribution in [2.75, 3.05) is 16.8 Å². The van der Waals surface area contributed by atoms with Crippen LogP contribution in [0, 0.1) is 12.3 Å². The van der Waals surface area contributed by atoms with E-state index in [2.05, 4.69) is 60.2 Å². The first kappa shape index (κ1) is 35.3. The number of alkyl halides is 3. The summed E-state index contributed by atoms with van der Waals surface area (Å²) in [6.45, 7) is 15.7. The van der Waals surface area contributed by atoms with E-state index in [1.807, 2.05) is 70.2 Å². The molecule has 48 heavy (non-hydrogen) atoms. The molecule has 254 valence electrons. The number of nitrogens with zero attached hydrogens (tertiary/aromatic N) is 3. The van der Waals surface area contributed by atoms with Crippen molar-refractivity contribution in [2.45, 2.75) is 85.2 Å². The van der Waals surface area contributed by atoms with Gasteiger partial charge in [0.05, 0.1) is 11.4 Å². The standard InChI is InChI=1S/C38H45F3N4O2Si/c1-26-23-31-30(19-14-22-45(31)25-27-20-21-32(42-24-27)38(39,40)41)43-34(26)44-35(46)33(36(2,3)4)47-48(37(5,6)7,28-15-10-8-11-16-28)29-17-12-9-13-18-29/h8-13,15-18,20-21,23-24,33H,14,19,22,25H2,1-7H3,(H,43,44,46)/t33-/m0/s1. The van der Waals surface area contributed by atoms with Crippen LogP contribution in [0.4, 0.5) is 24.7 Å². The van der Waals surface area contributed by atoms with E-state index in [0.717, 1.165) is 52.8 Å². The number of carbonyl (C=O) groups excluding carboxylic acids is 1. The Hall–Kier alpha value is -4.02. The minimum atomic E-state index is -4.48. The highest BCUT2D eigenvalue weighted by Gasteiger charge is 2.54. The fourth-order valence-electron chi connectivity index (χ4n) is 6.52. The Morgan fingerprint density at radius 2 is 1.54 bits per heavy atom. The molecule has 0 saturated carbocycles. The lowest BCUT2D eigenvalue weighted by atomic mass is 9.88. The fraction of sp³-hybridized carbons (Fsp3) is 0.395. The number of benzene rings is 2. The maximum atomic E-state index is 14.4. The molecule has 2 aromatic heterocycles. The molecular weight excluding hydrogens is 630 g/mol. The lowest BCUT2D eigenvalue weighted by Crippen LogP contribution is -2.69. The summed E-state index contributed by atoms with van der Waals surface area (Å²) in [5, 5.41) is 5.02. The zero-order valence-corrected chi connectivity index (χ0v) is 29.8. The van der Waals surface area contributed by atoms with Crippen molar-refractivity contribution in [3.63, 3.8) is 0 Å². The number of amides is 1. The number of nitrogens with one attached hydrogen (secondary N) is 1. The normalized spacial score (nSPS) is 14.8. The van der Waals surface area contributed by atoms with E-state index in [-0.39, 0.29) is 10.9 Å². The van der Waals surface area contributed by atoms with Crippen molar-refractivity contribution in [2.24, 2.45) is 5.41 Å². The highest BCUT2D eigenvalue weighted by atomic mass is 28.4. The third-order valence-electron chi connectivity index (χ3n) is 8.92. The van der Waals surface area contributed by atoms with Gasteiger partial charge in [-0.1, -0.05) is 108 Å². The number of halogens is 3. The summed E-state index contributed by atoms with van der Waals surface area (Å²) in [7, 11) is -3.06. The number of hydrogen-bond acceptors (Lipinski definition) is 5. The van der Waals surface area contributed by atoms with Gasteiger partial charge in [-0.2, -0.15) is 13.2 Å². The van der Waals surface area contributed by atoms with Gasteiger partial charge in [-0.25, -0.2) is 4.98 Å². The van der Waals surface area contributed by atoms with Gasteiger partial charge in [0.25, 0.3) is 14.2 Å². The van der Waals surface area contributed by atoms with Crippen LogP contribution in [0.15, 0.2) is 85.1 Å². The van der Waals surface area contributed by atoms with Crippen LogP contribution in [0.3, 0.4) is 0 Å². The average molecular weight is 675 g/mol. The van der Waals surface area contributed by atoms with Crippen LogP contribution in [0.5, 0.6) is 0 Å². The monoisotopic (exact) mass is 674 g/mol. The fourth-order valence-corrected chi connectivity index (χ4v) is 11.4. The third kappa shape index (κ3) is 7.34. The molecule has 1 amide bonds. The first-order valence-electron chi connectivity index (χ1n) is 16.4. The Balaban J connectivity index is 1.46. The molecule has 0 bridgehead atoms. The Kier molecular flexibility index (Phi) is 9.90. The zero-order valence-electron chi connectivity index (χ0n) is 28.8. The molecule has 0 fully saturated rings. The topological polar surface area (TPSA) is 67.3 Å². The number of anilines is 2. The van der Waals surface area contributed by atoms with Crippen LogP contribution in [0.25, 0.3) is 0 Å². The molecule has 0 radical (unpaired) electrons. The van der Waals surface area contributed by atoms with Crippen molar-refractivity contribution in [1.82, 2.24) is 9.97 Å². The number of hydrogen-bond donors (Lipinski definition) is 1. The summed E-state index contributed by atoms with van der Waals surface area (Å²) < 4.78 is 46.5.